The van der Waals surface area contributed by atoms with E-state index in [0.29, 0.717) is 11.5 Å². The summed E-state index contributed by atoms with van der Waals surface area (Å²) in [6, 6.07) is -0.905. The molecule has 0 aliphatic heterocycles. The van der Waals surface area contributed by atoms with Gasteiger partial charge in [-0.05, 0) is 12.3 Å². The predicted octanol–water partition coefficient (Wildman–Crippen LogP) is 0.812. The number of hydroxylamine groups is 2. The Balaban J connectivity index is 4.54. The number of methoxy groups -OCH3 is 1. The molecule has 0 aliphatic carbocycles. The van der Waals surface area contributed by atoms with Gasteiger partial charge in [-0.3, -0.25) is 10.0 Å². The molecule has 1 atom stereocenters. The molecule has 1 N–H and O–H groups in total. The maximum atomic E-state index is 11.2. The van der Waals surface area contributed by atoms with Gasteiger partial charge in [0.1, 0.15) is 0 Å². The van der Waals surface area contributed by atoms with Gasteiger partial charge in [-0.1, -0.05) is 13.8 Å². The number of carbonyl (C=O) groups is 2. The van der Waals surface area contributed by atoms with E-state index in [2.05, 4.69) is 4.74 Å². The lowest BCUT2D eigenvalue weighted by molar-refractivity contribution is -0.187. The van der Waals surface area contributed by atoms with Gasteiger partial charge in [-0.25, -0.2) is 9.86 Å². The van der Waals surface area contributed by atoms with E-state index in [1.807, 2.05) is 13.8 Å². The van der Waals surface area contributed by atoms with Crippen LogP contribution in [-0.2, 0) is 14.3 Å². The highest BCUT2D eigenvalue weighted by atomic mass is 16.5. The third kappa shape index (κ3) is 3.74. The van der Waals surface area contributed by atoms with Crippen molar-refractivity contribution >= 4 is 11.9 Å². The van der Waals surface area contributed by atoms with Crippen molar-refractivity contribution in [2.24, 2.45) is 5.92 Å². The Morgan fingerprint density at radius 3 is 2.21 bits per heavy atom. The number of carbonyl (C=O) groups excluding carboxylic acids is 2. The minimum atomic E-state index is -0.905. The second-order valence-corrected chi connectivity index (χ2v) is 3.53. The van der Waals surface area contributed by atoms with Crippen molar-refractivity contribution in [3.63, 3.8) is 0 Å². The first-order chi connectivity index (χ1) is 6.40. The molecule has 0 bridgehead atoms. The molecule has 5 nitrogen and oxygen atoms in total. The molecular weight excluding hydrogens is 186 g/mol. The number of rotatable bonds is 4. The van der Waals surface area contributed by atoms with Gasteiger partial charge >= 0.3 is 5.97 Å². The summed E-state index contributed by atoms with van der Waals surface area (Å²) in [6.45, 7) is 4.98. The van der Waals surface area contributed by atoms with Gasteiger partial charge < -0.3 is 4.74 Å². The van der Waals surface area contributed by atoms with E-state index in [4.69, 9.17) is 0 Å². The first-order valence-electron chi connectivity index (χ1n) is 4.46. The molecule has 0 saturated heterocycles. The van der Waals surface area contributed by atoms with Crippen LogP contribution in [0.1, 0.15) is 27.2 Å². The van der Waals surface area contributed by atoms with Crippen molar-refractivity contribution in [2.45, 2.75) is 33.2 Å². The second-order valence-electron chi connectivity index (χ2n) is 3.53. The molecule has 14 heavy (non-hydrogen) atoms. The lowest BCUT2D eigenvalue weighted by Crippen LogP contribution is -2.43. The van der Waals surface area contributed by atoms with Crippen molar-refractivity contribution < 1.29 is 19.5 Å². The summed E-state index contributed by atoms with van der Waals surface area (Å²) >= 11 is 0. The van der Waals surface area contributed by atoms with Crippen LogP contribution in [-0.4, -0.2) is 35.3 Å². The molecule has 5 heteroatoms. The van der Waals surface area contributed by atoms with Gasteiger partial charge in [0.25, 0.3) is 0 Å². The van der Waals surface area contributed by atoms with Gasteiger partial charge in [0.05, 0.1) is 7.11 Å². The van der Waals surface area contributed by atoms with E-state index >= 15 is 0 Å². The van der Waals surface area contributed by atoms with Gasteiger partial charge in [0.2, 0.25) is 5.91 Å². The largest absolute Gasteiger partial charge is 0.467 e. The molecule has 0 aromatic heterocycles. The van der Waals surface area contributed by atoms with Crippen LogP contribution in [0.4, 0.5) is 0 Å². The van der Waals surface area contributed by atoms with E-state index in [-0.39, 0.29) is 5.92 Å². The molecule has 0 fully saturated rings. The van der Waals surface area contributed by atoms with Crippen LogP contribution in [0, 0.1) is 5.92 Å². The Bertz CT molecular complexity index is 215. The molecular formula is C9H17NO4. The molecule has 0 heterocycles. The molecule has 0 aromatic rings. The molecule has 0 radical (unpaired) electrons. The Kier molecular flexibility index (Phi) is 5.15. The Morgan fingerprint density at radius 2 is 1.93 bits per heavy atom. The van der Waals surface area contributed by atoms with Crippen LogP contribution in [0.5, 0.6) is 0 Å². The fourth-order valence-corrected chi connectivity index (χ4v) is 1.10. The van der Waals surface area contributed by atoms with Crippen molar-refractivity contribution in [2.75, 3.05) is 7.11 Å². The van der Waals surface area contributed by atoms with Gasteiger partial charge in [0, 0.05) is 6.92 Å². The number of amides is 1. The quantitative estimate of drug-likeness (QED) is 0.417. The Labute approximate surface area is 83.6 Å². The molecule has 0 unspecified atom stereocenters. The number of esters is 1. The van der Waals surface area contributed by atoms with Crippen LogP contribution < -0.4 is 0 Å². The van der Waals surface area contributed by atoms with E-state index < -0.39 is 17.9 Å². The normalized spacial score (nSPS) is 12.4. The molecule has 0 aromatic carbocycles. The van der Waals surface area contributed by atoms with Crippen LogP contribution in [0.15, 0.2) is 0 Å². The lowest BCUT2D eigenvalue weighted by atomic mass is 10.0. The molecule has 82 valence electrons. The smallest absolute Gasteiger partial charge is 0.331 e. The average molecular weight is 203 g/mol. The van der Waals surface area contributed by atoms with Gasteiger partial charge in [-0.15, -0.1) is 0 Å². The van der Waals surface area contributed by atoms with Gasteiger partial charge in [-0.2, -0.15) is 0 Å². The summed E-state index contributed by atoms with van der Waals surface area (Å²) in [5, 5.41) is 9.74. The third-order valence-electron chi connectivity index (χ3n) is 1.79. The minimum absolute atomic E-state index is 0.188. The summed E-state index contributed by atoms with van der Waals surface area (Å²) in [7, 11) is 1.23. The zero-order valence-corrected chi connectivity index (χ0v) is 8.98. The van der Waals surface area contributed by atoms with Gasteiger partial charge in [0.15, 0.2) is 6.04 Å². The number of nitrogens with zero attached hydrogens (tertiary/aromatic N) is 1. The second kappa shape index (κ2) is 5.59. The number of ether oxygens (including phenoxy) is 1. The van der Waals surface area contributed by atoms with E-state index in [1.165, 1.54) is 14.0 Å². The van der Waals surface area contributed by atoms with Crippen LogP contribution in [0.2, 0.25) is 0 Å². The van der Waals surface area contributed by atoms with E-state index in [9.17, 15) is 14.8 Å². The summed E-state index contributed by atoms with van der Waals surface area (Å²) in [4.78, 5) is 22.1. The number of hydrogen-bond donors (Lipinski definition) is 1. The maximum Gasteiger partial charge on any atom is 0.331 e. The predicted molar refractivity (Wildman–Crippen MR) is 49.6 cm³/mol. The average Bonchev–Trinajstić information content (AvgIpc) is 2.11. The molecule has 0 aliphatic rings. The maximum absolute atomic E-state index is 11.2. The number of hydrogen-bond acceptors (Lipinski definition) is 4. The molecule has 0 saturated carbocycles. The SMILES string of the molecule is COC(=O)[C@@H](CC(C)C)N(O)C(C)=O. The van der Waals surface area contributed by atoms with Crippen molar-refractivity contribution in [1.82, 2.24) is 5.06 Å². The zero-order chi connectivity index (χ0) is 11.3. The molecule has 1 amide bonds. The first kappa shape index (κ1) is 12.9. The van der Waals surface area contributed by atoms with Crippen molar-refractivity contribution in [3.05, 3.63) is 0 Å². The summed E-state index contributed by atoms with van der Waals surface area (Å²) in [5.41, 5.74) is 0. The minimum Gasteiger partial charge on any atom is -0.467 e. The summed E-state index contributed by atoms with van der Waals surface area (Å²) in [5.74, 6) is -0.981. The van der Waals surface area contributed by atoms with E-state index in [1.54, 1.807) is 0 Å². The fourth-order valence-electron chi connectivity index (χ4n) is 1.10. The highest BCUT2D eigenvalue weighted by molar-refractivity contribution is 5.82. The molecule has 0 spiro atoms. The van der Waals surface area contributed by atoms with Crippen LogP contribution >= 0.6 is 0 Å². The topological polar surface area (TPSA) is 66.8 Å². The van der Waals surface area contributed by atoms with Crippen LogP contribution in [0.3, 0.4) is 0 Å². The van der Waals surface area contributed by atoms with Crippen LogP contribution in [0.25, 0.3) is 0 Å². The molecule has 0 rings (SSSR count). The summed E-state index contributed by atoms with van der Waals surface area (Å²) < 4.78 is 4.49. The summed E-state index contributed by atoms with van der Waals surface area (Å²) in [6.07, 6.45) is 0.378. The third-order valence-corrected chi connectivity index (χ3v) is 1.79. The van der Waals surface area contributed by atoms with E-state index in [0.717, 1.165) is 0 Å². The zero-order valence-electron chi connectivity index (χ0n) is 8.98. The highest BCUT2D eigenvalue weighted by Crippen LogP contribution is 2.11. The van der Waals surface area contributed by atoms with Crippen molar-refractivity contribution in [3.8, 4) is 0 Å². The standard InChI is InChI=1S/C9H17NO4/c1-6(2)5-8(9(12)14-4)10(13)7(3)11/h6,8,13H,5H2,1-4H3/t8-/m1/s1. The first-order valence-corrected chi connectivity index (χ1v) is 4.46. The fraction of sp³-hybridized carbons (Fsp3) is 0.778. The van der Waals surface area contributed by atoms with Crippen molar-refractivity contribution in [1.29, 1.82) is 0 Å². The monoisotopic (exact) mass is 203 g/mol. The Morgan fingerprint density at radius 1 is 1.43 bits per heavy atom. The highest BCUT2D eigenvalue weighted by Gasteiger charge is 2.28. The Hall–Kier alpha value is -1.10. The lowest BCUT2D eigenvalue weighted by Gasteiger charge is -2.23.